The zero-order chi connectivity index (χ0) is 16.6. The van der Waals surface area contributed by atoms with Gasteiger partial charge in [-0.05, 0) is 50.5 Å². The first kappa shape index (κ1) is 15.9. The van der Waals surface area contributed by atoms with E-state index >= 15 is 0 Å². The smallest absolute Gasteiger partial charge is 0.244 e. The number of likely N-dealkylation sites (tertiary alicyclic amines) is 2. The van der Waals surface area contributed by atoms with E-state index in [0.29, 0.717) is 18.9 Å². The molecule has 1 aromatic heterocycles. The molecule has 1 atom stereocenters. The fraction of sp³-hybridized carbons (Fsp3) is 0.800. The van der Waals surface area contributed by atoms with Crippen molar-refractivity contribution >= 4 is 11.8 Å². The van der Waals surface area contributed by atoms with Gasteiger partial charge in [-0.2, -0.15) is 0 Å². The van der Waals surface area contributed by atoms with Crippen molar-refractivity contribution in [2.24, 2.45) is 5.41 Å². The first-order chi connectivity index (χ1) is 10.9. The van der Waals surface area contributed by atoms with E-state index in [2.05, 4.69) is 29.4 Å². The molecule has 2 aliphatic rings. The molecule has 3 heterocycles. The van der Waals surface area contributed by atoms with E-state index in [1.54, 1.807) is 11.8 Å². The average molecular weight is 320 g/mol. The van der Waals surface area contributed by atoms with Gasteiger partial charge in [-0.25, -0.2) is 4.68 Å². The summed E-state index contributed by atoms with van der Waals surface area (Å²) >= 11 is 0. The van der Waals surface area contributed by atoms with Gasteiger partial charge in [0.15, 0.2) is 0 Å². The highest BCUT2D eigenvalue weighted by Crippen LogP contribution is 2.40. The Morgan fingerprint density at radius 1 is 1.30 bits per heavy atom. The van der Waals surface area contributed by atoms with Crippen LogP contribution in [0, 0.1) is 12.3 Å². The van der Waals surface area contributed by atoms with Gasteiger partial charge in [0.2, 0.25) is 11.8 Å². The first-order valence-corrected chi connectivity index (χ1v) is 8.24. The molecule has 23 heavy (non-hydrogen) atoms. The second-order valence-electron chi connectivity index (χ2n) is 6.93. The lowest BCUT2D eigenvalue weighted by molar-refractivity contribution is -0.148. The van der Waals surface area contributed by atoms with Crippen LogP contribution in [-0.4, -0.2) is 67.5 Å². The molecule has 0 bridgehead atoms. The summed E-state index contributed by atoms with van der Waals surface area (Å²) in [7, 11) is 0. The molecule has 126 valence electrons. The molecule has 8 heteroatoms. The number of aromatic nitrogens is 4. The number of nitrogens with zero attached hydrogens (tertiary/aromatic N) is 6. The summed E-state index contributed by atoms with van der Waals surface area (Å²) in [5.74, 6) is 0.811. The maximum Gasteiger partial charge on any atom is 0.244 e. The van der Waals surface area contributed by atoms with Gasteiger partial charge in [-0.3, -0.25) is 9.59 Å². The molecule has 2 aliphatic heterocycles. The molecule has 0 aliphatic carbocycles. The topological polar surface area (TPSA) is 84.2 Å². The van der Waals surface area contributed by atoms with Crippen LogP contribution < -0.4 is 0 Å². The molecule has 1 spiro atoms. The second-order valence-corrected chi connectivity index (χ2v) is 6.93. The maximum atomic E-state index is 12.9. The lowest BCUT2D eigenvalue weighted by atomic mass is 9.78. The van der Waals surface area contributed by atoms with Crippen molar-refractivity contribution in [3.8, 4) is 0 Å². The third kappa shape index (κ3) is 2.82. The van der Waals surface area contributed by atoms with Crippen LogP contribution >= 0.6 is 0 Å². The monoisotopic (exact) mass is 320 g/mol. The predicted molar refractivity (Wildman–Crippen MR) is 82.3 cm³/mol. The number of amides is 2. The van der Waals surface area contributed by atoms with Crippen molar-refractivity contribution in [3.63, 3.8) is 0 Å². The van der Waals surface area contributed by atoms with E-state index in [4.69, 9.17) is 0 Å². The van der Waals surface area contributed by atoms with Crippen LogP contribution in [0.25, 0.3) is 0 Å². The Morgan fingerprint density at radius 2 is 2.09 bits per heavy atom. The van der Waals surface area contributed by atoms with E-state index in [0.717, 1.165) is 25.8 Å². The summed E-state index contributed by atoms with van der Waals surface area (Å²) in [4.78, 5) is 29.1. The molecule has 0 radical (unpaired) electrons. The predicted octanol–water partition coefficient (Wildman–Crippen LogP) is 0.231. The van der Waals surface area contributed by atoms with E-state index in [9.17, 15) is 9.59 Å². The summed E-state index contributed by atoms with van der Waals surface area (Å²) in [6, 6.07) is 0.216. The van der Waals surface area contributed by atoms with Gasteiger partial charge in [0, 0.05) is 25.7 Å². The van der Waals surface area contributed by atoms with Gasteiger partial charge in [0.1, 0.15) is 12.4 Å². The Hall–Kier alpha value is -1.99. The highest BCUT2D eigenvalue weighted by molar-refractivity contribution is 5.86. The fourth-order valence-electron chi connectivity index (χ4n) is 3.68. The lowest BCUT2D eigenvalue weighted by Crippen LogP contribution is -2.52. The average Bonchev–Trinajstić information content (AvgIpc) is 3.10. The minimum atomic E-state index is -0.381. The summed E-state index contributed by atoms with van der Waals surface area (Å²) in [6.45, 7) is 7.99. The number of carbonyl (C=O) groups excluding carboxylic acids is 2. The van der Waals surface area contributed by atoms with Crippen molar-refractivity contribution in [3.05, 3.63) is 5.82 Å². The van der Waals surface area contributed by atoms with Gasteiger partial charge < -0.3 is 9.80 Å². The number of rotatable bonds is 3. The van der Waals surface area contributed by atoms with Crippen molar-refractivity contribution in [1.82, 2.24) is 30.0 Å². The normalized spacial score (nSPS) is 25.0. The molecule has 2 saturated heterocycles. The van der Waals surface area contributed by atoms with Gasteiger partial charge in [0.25, 0.3) is 0 Å². The van der Waals surface area contributed by atoms with Crippen LogP contribution in [0.3, 0.4) is 0 Å². The molecule has 0 N–H and O–H groups in total. The van der Waals surface area contributed by atoms with E-state index in [1.165, 1.54) is 4.68 Å². The summed E-state index contributed by atoms with van der Waals surface area (Å²) in [6.07, 6.45) is 2.65. The van der Waals surface area contributed by atoms with E-state index in [1.807, 2.05) is 4.90 Å². The molecule has 0 saturated carbocycles. The van der Waals surface area contributed by atoms with Gasteiger partial charge in [-0.15, -0.1) is 5.10 Å². The molecule has 2 fully saturated rings. The minimum absolute atomic E-state index is 0.0215. The number of carbonyl (C=O) groups is 2. The third-order valence-corrected chi connectivity index (χ3v) is 5.09. The number of tetrazole rings is 1. The van der Waals surface area contributed by atoms with Crippen LogP contribution in [0.5, 0.6) is 0 Å². The van der Waals surface area contributed by atoms with Crippen molar-refractivity contribution < 1.29 is 9.59 Å². The van der Waals surface area contributed by atoms with E-state index < -0.39 is 0 Å². The highest BCUT2D eigenvalue weighted by atomic mass is 16.2. The molecule has 0 unspecified atom stereocenters. The van der Waals surface area contributed by atoms with Crippen molar-refractivity contribution in [1.29, 1.82) is 0 Å². The quantitative estimate of drug-likeness (QED) is 0.796. The van der Waals surface area contributed by atoms with Gasteiger partial charge >= 0.3 is 0 Å². The van der Waals surface area contributed by atoms with Crippen LogP contribution in [0.2, 0.25) is 0 Å². The molecule has 2 amide bonds. The van der Waals surface area contributed by atoms with Gasteiger partial charge in [0.05, 0.1) is 5.41 Å². The van der Waals surface area contributed by atoms with Crippen molar-refractivity contribution in [2.75, 3.05) is 19.6 Å². The standard InChI is InChI=1S/C15H24N6O2/c1-11(2)20-7-4-5-15(14(20)23)6-8-19(10-15)13(22)9-21-12(3)16-17-18-21/h11H,4-10H2,1-3H3/t15-/m1/s1. The number of aryl methyl sites for hydroxylation is 1. The molecular weight excluding hydrogens is 296 g/mol. The zero-order valence-corrected chi connectivity index (χ0v) is 14.0. The summed E-state index contributed by atoms with van der Waals surface area (Å²) < 4.78 is 1.50. The zero-order valence-electron chi connectivity index (χ0n) is 14.0. The fourth-order valence-corrected chi connectivity index (χ4v) is 3.68. The SMILES string of the molecule is Cc1nnnn1CC(=O)N1CC[C@]2(CCCN(C(C)C)C2=O)C1. The number of hydrogen-bond acceptors (Lipinski definition) is 5. The first-order valence-electron chi connectivity index (χ1n) is 8.24. The van der Waals surface area contributed by atoms with Crippen molar-refractivity contribution in [2.45, 2.75) is 52.6 Å². The Balaban J connectivity index is 1.69. The second kappa shape index (κ2) is 5.90. The molecule has 8 nitrogen and oxygen atoms in total. The third-order valence-electron chi connectivity index (χ3n) is 5.09. The molecule has 1 aromatic rings. The molecular formula is C15H24N6O2. The van der Waals surface area contributed by atoms with E-state index in [-0.39, 0.29) is 29.8 Å². The Bertz CT molecular complexity index is 613. The summed E-state index contributed by atoms with van der Waals surface area (Å²) in [5, 5.41) is 11.2. The number of hydrogen-bond donors (Lipinski definition) is 0. The van der Waals surface area contributed by atoms with Gasteiger partial charge in [-0.1, -0.05) is 0 Å². The molecule has 3 rings (SSSR count). The summed E-state index contributed by atoms with van der Waals surface area (Å²) in [5.41, 5.74) is -0.381. The Morgan fingerprint density at radius 3 is 2.74 bits per heavy atom. The van der Waals surface area contributed by atoms with Crippen LogP contribution in [-0.2, 0) is 16.1 Å². The molecule has 0 aromatic carbocycles. The lowest BCUT2D eigenvalue weighted by Gasteiger charge is -2.41. The number of piperidine rings is 1. The van der Waals surface area contributed by atoms with Crippen LogP contribution in [0.1, 0.15) is 38.9 Å². The van der Waals surface area contributed by atoms with Crippen LogP contribution in [0.4, 0.5) is 0 Å². The largest absolute Gasteiger partial charge is 0.340 e. The van der Waals surface area contributed by atoms with Crippen LogP contribution in [0.15, 0.2) is 0 Å². The Labute approximate surface area is 135 Å². The Kier molecular flexibility index (Phi) is 4.08. The highest BCUT2D eigenvalue weighted by Gasteiger charge is 2.49. The minimum Gasteiger partial charge on any atom is -0.340 e. The maximum absolute atomic E-state index is 12.9.